The van der Waals surface area contributed by atoms with Gasteiger partial charge >= 0.3 is 0 Å². The van der Waals surface area contributed by atoms with Crippen LogP contribution in [0.15, 0.2) is 18.3 Å². The number of anilines is 1. The van der Waals surface area contributed by atoms with Crippen molar-refractivity contribution in [2.45, 2.75) is 26.3 Å². The first-order valence-electron chi connectivity index (χ1n) is 7.69. The van der Waals surface area contributed by atoms with E-state index in [0.717, 1.165) is 24.8 Å². The number of nitrogens with zero attached hydrogens (tertiary/aromatic N) is 3. The third-order valence-corrected chi connectivity index (χ3v) is 4.19. The van der Waals surface area contributed by atoms with E-state index in [1.807, 2.05) is 6.20 Å². The molecule has 0 aromatic carbocycles. The van der Waals surface area contributed by atoms with Gasteiger partial charge in [-0.2, -0.15) is 0 Å². The Morgan fingerprint density at radius 1 is 1.55 bits per heavy atom. The lowest BCUT2D eigenvalue weighted by Crippen LogP contribution is -2.28. The first-order chi connectivity index (χ1) is 9.60. The molecule has 1 aliphatic rings. The lowest BCUT2D eigenvalue weighted by atomic mass is 10.1. The molecule has 2 heterocycles. The van der Waals surface area contributed by atoms with Crippen molar-refractivity contribution in [1.82, 2.24) is 15.2 Å². The molecule has 4 nitrogen and oxygen atoms in total. The molecule has 20 heavy (non-hydrogen) atoms. The Hall–Kier alpha value is -1.13. The van der Waals surface area contributed by atoms with E-state index in [0.29, 0.717) is 6.04 Å². The Labute approximate surface area is 123 Å². The zero-order valence-electron chi connectivity index (χ0n) is 13.3. The van der Waals surface area contributed by atoms with E-state index in [1.54, 1.807) is 0 Å². The molecule has 1 saturated heterocycles. The van der Waals surface area contributed by atoms with Crippen molar-refractivity contribution < 1.29 is 0 Å². The molecular formula is C16H28N4. The van der Waals surface area contributed by atoms with Gasteiger partial charge in [-0.3, -0.25) is 0 Å². The van der Waals surface area contributed by atoms with Crippen molar-refractivity contribution >= 4 is 5.82 Å². The molecule has 2 atom stereocenters. The largest absolute Gasteiger partial charge is 0.359 e. The first kappa shape index (κ1) is 15.3. The van der Waals surface area contributed by atoms with Crippen molar-refractivity contribution in [1.29, 1.82) is 0 Å². The number of hydrogen-bond donors (Lipinski definition) is 1. The number of rotatable bonds is 6. The van der Waals surface area contributed by atoms with Gasteiger partial charge in [0.25, 0.3) is 0 Å². The number of aromatic nitrogens is 1. The molecule has 0 radical (unpaired) electrons. The molecule has 1 aliphatic heterocycles. The summed E-state index contributed by atoms with van der Waals surface area (Å²) in [5.74, 6) is 1.85. The van der Waals surface area contributed by atoms with Gasteiger partial charge in [-0.1, -0.05) is 6.92 Å². The molecule has 4 heteroatoms. The highest BCUT2D eigenvalue weighted by Gasteiger charge is 2.21. The molecular weight excluding hydrogens is 248 g/mol. The van der Waals surface area contributed by atoms with E-state index >= 15 is 0 Å². The van der Waals surface area contributed by atoms with Crippen molar-refractivity contribution in [3.05, 3.63) is 23.9 Å². The molecule has 1 N–H and O–H groups in total. The molecule has 2 unspecified atom stereocenters. The van der Waals surface area contributed by atoms with Gasteiger partial charge in [-0.25, -0.2) is 4.98 Å². The molecule has 0 spiro atoms. The third-order valence-electron chi connectivity index (χ3n) is 4.19. The number of pyridine rings is 1. The third kappa shape index (κ3) is 3.93. The number of likely N-dealkylation sites (tertiary alicyclic amines) is 1. The van der Waals surface area contributed by atoms with Crippen LogP contribution in [0.1, 0.15) is 31.9 Å². The zero-order valence-corrected chi connectivity index (χ0v) is 13.3. The summed E-state index contributed by atoms with van der Waals surface area (Å²) in [5, 5.41) is 3.45. The minimum absolute atomic E-state index is 0.382. The fraction of sp³-hybridized carbons (Fsp3) is 0.688. The molecule has 0 aliphatic carbocycles. The average Bonchev–Trinajstić information content (AvgIpc) is 2.84. The van der Waals surface area contributed by atoms with Crippen LogP contribution in [0.3, 0.4) is 0 Å². The Morgan fingerprint density at radius 3 is 3.00 bits per heavy atom. The van der Waals surface area contributed by atoms with E-state index in [2.05, 4.69) is 60.2 Å². The van der Waals surface area contributed by atoms with Gasteiger partial charge in [-0.15, -0.1) is 0 Å². The zero-order chi connectivity index (χ0) is 14.5. The molecule has 1 fully saturated rings. The predicted molar refractivity (Wildman–Crippen MR) is 85.2 cm³/mol. The van der Waals surface area contributed by atoms with Crippen LogP contribution in [0.4, 0.5) is 5.82 Å². The van der Waals surface area contributed by atoms with Crippen LogP contribution in [-0.2, 0) is 0 Å². The van der Waals surface area contributed by atoms with E-state index < -0.39 is 0 Å². The van der Waals surface area contributed by atoms with E-state index in [4.69, 9.17) is 0 Å². The van der Waals surface area contributed by atoms with Crippen LogP contribution in [0, 0.1) is 5.92 Å². The Morgan fingerprint density at radius 2 is 2.35 bits per heavy atom. The minimum atomic E-state index is 0.382. The van der Waals surface area contributed by atoms with Gasteiger partial charge in [0, 0.05) is 32.4 Å². The lowest BCUT2D eigenvalue weighted by molar-refractivity contribution is 0.395. The van der Waals surface area contributed by atoms with Crippen LogP contribution in [0.2, 0.25) is 0 Å². The van der Waals surface area contributed by atoms with E-state index in [-0.39, 0.29) is 0 Å². The van der Waals surface area contributed by atoms with Crippen LogP contribution >= 0.6 is 0 Å². The van der Waals surface area contributed by atoms with Crippen molar-refractivity contribution in [2.75, 3.05) is 45.2 Å². The second-order valence-corrected chi connectivity index (χ2v) is 6.02. The predicted octanol–water partition coefficient (Wildman–Crippen LogP) is 2.14. The molecule has 1 aromatic rings. The van der Waals surface area contributed by atoms with E-state index in [9.17, 15) is 0 Å². The van der Waals surface area contributed by atoms with Crippen LogP contribution in [-0.4, -0.2) is 50.2 Å². The summed E-state index contributed by atoms with van der Waals surface area (Å²) in [4.78, 5) is 9.24. The van der Waals surface area contributed by atoms with Crippen molar-refractivity contribution in [3.63, 3.8) is 0 Å². The number of nitrogens with one attached hydrogen (secondary N) is 1. The molecule has 0 saturated carbocycles. The van der Waals surface area contributed by atoms with Crippen LogP contribution in [0.25, 0.3) is 0 Å². The average molecular weight is 276 g/mol. The van der Waals surface area contributed by atoms with Gasteiger partial charge < -0.3 is 15.1 Å². The van der Waals surface area contributed by atoms with Crippen molar-refractivity contribution in [2.24, 2.45) is 5.92 Å². The fourth-order valence-corrected chi connectivity index (χ4v) is 2.99. The summed E-state index contributed by atoms with van der Waals surface area (Å²) in [7, 11) is 4.36. The highest BCUT2D eigenvalue weighted by atomic mass is 15.2. The number of hydrogen-bond acceptors (Lipinski definition) is 4. The van der Waals surface area contributed by atoms with Crippen molar-refractivity contribution in [3.8, 4) is 0 Å². The molecule has 0 amide bonds. The minimum Gasteiger partial charge on any atom is -0.359 e. The Balaban J connectivity index is 1.98. The Bertz CT molecular complexity index is 421. The highest BCUT2D eigenvalue weighted by molar-refractivity contribution is 5.41. The normalized spacial score (nSPS) is 21.1. The summed E-state index contributed by atoms with van der Waals surface area (Å²) >= 11 is 0. The summed E-state index contributed by atoms with van der Waals surface area (Å²) < 4.78 is 0. The highest BCUT2D eigenvalue weighted by Crippen LogP contribution is 2.21. The van der Waals surface area contributed by atoms with Gasteiger partial charge in [0.2, 0.25) is 0 Å². The standard InChI is InChI=1S/C16H28N4/c1-5-17-13(2)15-6-8-18-16(10-15)20(4)12-14-7-9-19(3)11-14/h6,8,10,13-14,17H,5,7,9,11-12H2,1-4H3. The Kier molecular flexibility index (Phi) is 5.38. The van der Waals surface area contributed by atoms with E-state index in [1.165, 1.54) is 25.1 Å². The maximum Gasteiger partial charge on any atom is 0.128 e. The monoisotopic (exact) mass is 276 g/mol. The van der Waals surface area contributed by atoms with Crippen LogP contribution < -0.4 is 10.2 Å². The smallest absolute Gasteiger partial charge is 0.128 e. The first-order valence-corrected chi connectivity index (χ1v) is 7.69. The maximum atomic E-state index is 4.53. The SMILES string of the molecule is CCNC(C)c1ccnc(N(C)CC2CCN(C)C2)c1. The topological polar surface area (TPSA) is 31.4 Å². The summed E-state index contributed by atoms with van der Waals surface area (Å²) in [6, 6.07) is 4.70. The molecule has 112 valence electrons. The molecule has 0 bridgehead atoms. The summed E-state index contributed by atoms with van der Waals surface area (Å²) in [6.07, 6.45) is 3.23. The van der Waals surface area contributed by atoms with Gasteiger partial charge in [-0.05, 0) is 57.1 Å². The molecule has 1 aromatic heterocycles. The second kappa shape index (κ2) is 7.04. The lowest BCUT2D eigenvalue weighted by Gasteiger charge is -2.23. The second-order valence-electron chi connectivity index (χ2n) is 6.02. The molecule has 2 rings (SSSR count). The summed E-state index contributed by atoms with van der Waals surface area (Å²) in [6.45, 7) is 8.86. The fourth-order valence-electron chi connectivity index (χ4n) is 2.99. The van der Waals surface area contributed by atoms with Gasteiger partial charge in [0.1, 0.15) is 5.82 Å². The van der Waals surface area contributed by atoms with Gasteiger partial charge in [0.15, 0.2) is 0 Å². The quantitative estimate of drug-likeness (QED) is 0.862. The van der Waals surface area contributed by atoms with Gasteiger partial charge in [0.05, 0.1) is 0 Å². The summed E-state index contributed by atoms with van der Waals surface area (Å²) in [5.41, 5.74) is 1.31. The maximum absolute atomic E-state index is 4.53. The van der Waals surface area contributed by atoms with Crippen LogP contribution in [0.5, 0.6) is 0 Å².